The van der Waals surface area contributed by atoms with Gasteiger partial charge in [-0.2, -0.15) is 0 Å². The largest absolute Gasteiger partial charge is 0.490 e. The number of pyridine rings is 1. The van der Waals surface area contributed by atoms with Gasteiger partial charge in [-0.25, -0.2) is 4.39 Å². The Hall–Kier alpha value is -1.94. The Kier molecular flexibility index (Phi) is 4.47. The van der Waals surface area contributed by atoms with Gasteiger partial charge in [0.25, 0.3) is 0 Å². The highest BCUT2D eigenvalue weighted by Crippen LogP contribution is 2.27. The number of aromatic nitrogens is 1. The summed E-state index contributed by atoms with van der Waals surface area (Å²) in [5, 5.41) is 0. The quantitative estimate of drug-likeness (QED) is 0.899. The summed E-state index contributed by atoms with van der Waals surface area (Å²) in [5.74, 6) is -0.135. The van der Waals surface area contributed by atoms with E-state index in [0.29, 0.717) is 18.6 Å². The monoisotopic (exact) mass is 260 g/mol. The lowest BCUT2D eigenvalue weighted by molar-refractivity contribution is 0.299. The summed E-state index contributed by atoms with van der Waals surface area (Å²) in [6.07, 6.45) is 2.36. The van der Waals surface area contributed by atoms with Gasteiger partial charge in [-0.05, 0) is 25.1 Å². The van der Waals surface area contributed by atoms with E-state index in [4.69, 9.17) is 10.5 Å². The first kappa shape index (κ1) is 13.5. The fourth-order valence-electron chi connectivity index (χ4n) is 1.84. The van der Waals surface area contributed by atoms with Crippen LogP contribution in [0.1, 0.15) is 24.2 Å². The molecule has 0 saturated carbocycles. The molecular weight excluding hydrogens is 243 g/mol. The predicted octanol–water partition coefficient (Wildman–Crippen LogP) is 2.86. The molecule has 1 aromatic carbocycles. The van der Waals surface area contributed by atoms with Gasteiger partial charge in [0.15, 0.2) is 11.6 Å². The van der Waals surface area contributed by atoms with Crippen LogP contribution in [0, 0.1) is 5.82 Å². The minimum atomic E-state index is -0.379. The maximum absolute atomic E-state index is 13.7. The second-order valence-electron chi connectivity index (χ2n) is 4.37. The lowest BCUT2D eigenvalue weighted by Gasteiger charge is -2.14. The lowest BCUT2D eigenvalue weighted by Crippen LogP contribution is -2.11. The number of nitrogens with two attached hydrogens (primary N) is 1. The minimum absolute atomic E-state index is 0.244. The van der Waals surface area contributed by atoms with Crippen LogP contribution in [0.2, 0.25) is 0 Å². The molecule has 3 nitrogen and oxygen atoms in total. The Bertz CT molecular complexity index is 529. The van der Waals surface area contributed by atoms with Crippen molar-refractivity contribution < 1.29 is 9.13 Å². The van der Waals surface area contributed by atoms with Crippen molar-refractivity contribution in [3.63, 3.8) is 0 Å². The van der Waals surface area contributed by atoms with Crippen molar-refractivity contribution in [1.82, 2.24) is 4.98 Å². The number of ether oxygens (including phenoxy) is 1. The average Bonchev–Trinajstić information content (AvgIpc) is 2.41. The van der Waals surface area contributed by atoms with Gasteiger partial charge >= 0.3 is 0 Å². The van der Waals surface area contributed by atoms with Crippen LogP contribution in [0.15, 0.2) is 42.6 Å². The van der Waals surface area contributed by atoms with Crippen LogP contribution in [0.4, 0.5) is 4.39 Å². The highest BCUT2D eigenvalue weighted by atomic mass is 19.1. The standard InChI is InChI=1S/C15H17FN2O/c1-11(17)13-6-4-7-14(16)15(13)19-10-8-12-5-2-3-9-18-12/h2-7,9,11H,8,10,17H2,1H3/t11-/m1/s1. The molecule has 1 atom stereocenters. The van der Waals surface area contributed by atoms with Crippen LogP contribution in [-0.2, 0) is 6.42 Å². The molecule has 4 heteroatoms. The number of hydrogen-bond acceptors (Lipinski definition) is 3. The summed E-state index contributed by atoms with van der Waals surface area (Å²) in [6, 6.07) is 10.2. The van der Waals surface area contributed by atoms with Gasteiger partial charge in [0.1, 0.15) is 0 Å². The number of halogens is 1. The molecule has 0 aliphatic rings. The first-order valence-electron chi connectivity index (χ1n) is 6.25. The molecule has 2 aromatic rings. The van der Waals surface area contributed by atoms with E-state index >= 15 is 0 Å². The summed E-state index contributed by atoms with van der Waals surface area (Å²) < 4.78 is 19.3. The van der Waals surface area contributed by atoms with Gasteiger partial charge in [-0.15, -0.1) is 0 Å². The topological polar surface area (TPSA) is 48.1 Å². The van der Waals surface area contributed by atoms with E-state index in [1.165, 1.54) is 6.07 Å². The third-order valence-electron chi connectivity index (χ3n) is 2.82. The van der Waals surface area contributed by atoms with Crippen molar-refractivity contribution >= 4 is 0 Å². The molecule has 100 valence electrons. The van der Waals surface area contributed by atoms with Gasteiger partial charge in [-0.3, -0.25) is 4.98 Å². The summed E-state index contributed by atoms with van der Waals surface area (Å²) in [6.45, 7) is 2.18. The fraction of sp³-hybridized carbons (Fsp3) is 0.267. The van der Waals surface area contributed by atoms with Crippen LogP contribution >= 0.6 is 0 Å². The minimum Gasteiger partial charge on any atom is -0.490 e. The van der Waals surface area contributed by atoms with E-state index in [0.717, 1.165) is 5.69 Å². The second kappa shape index (κ2) is 6.29. The Labute approximate surface area is 112 Å². The van der Waals surface area contributed by atoms with E-state index in [-0.39, 0.29) is 17.6 Å². The van der Waals surface area contributed by atoms with E-state index in [2.05, 4.69) is 4.98 Å². The number of hydrogen-bond donors (Lipinski definition) is 1. The Morgan fingerprint density at radius 1 is 1.26 bits per heavy atom. The number of nitrogens with zero attached hydrogens (tertiary/aromatic N) is 1. The molecule has 2 N–H and O–H groups in total. The van der Waals surface area contributed by atoms with Gasteiger partial charge in [0, 0.05) is 29.9 Å². The molecule has 19 heavy (non-hydrogen) atoms. The Morgan fingerprint density at radius 2 is 2.11 bits per heavy atom. The summed E-state index contributed by atoms with van der Waals surface area (Å²) in [4.78, 5) is 4.19. The molecule has 0 amide bonds. The van der Waals surface area contributed by atoms with Crippen molar-refractivity contribution in [1.29, 1.82) is 0 Å². The zero-order chi connectivity index (χ0) is 13.7. The van der Waals surface area contributed by atoms with E-state index in [1.807, 2.05) is 18.2 Å². The highest BCUT2D eigenvalue weighted by Gasteiger charge is 2.12. The molecule has 1 heterocycles. The number of para-hydroxylation sites is 1. The molecule has 0 bridgehead atoms. The summed E-state index contributed by atoms with van der Waals surface area (Å²) in [5.41, 5.74) is 7.41. The third kappa shape index (κ3) is 3.51. The molecule has 1 aromatic heterocycles. The predicted molar refractivity (Wildman–Crippen MR) is 72.4 cm³/mol. The highest BCUT2D eigenvalue weighted by molar-refractivity contribution is 5.37. The smallest absolute Gasteiger partial charge is 0.165 e. The normalized spacial score (nSPS) is 12.2. The molecule has 0 fully saturated rings. The van der Waals surface area contributed by atoms with E-state index < -0.39 is 0 Å². The molecule has 0 radical (unpaired) electrons. The van der Waals surface area contributed by atoms with Crippen LogP contribution in [0.25, 0.3) is 0 Å². The second-order valence-corrected chi connectivity index (χ2v) is 4.37. The van der Waals surface area contributed by atoms with Crippen LogP contribution < -0.4 is 10.5 Å². The first-order valence-corrected chi connectivity index (χ1v) is 6.25. The molecule has 0 unspecified atom stereocenters. The van der Waals surface area contributed by atoms with Gasteiger partial charge in [0.2, 0.25) is 0 Å². The molecule has 2 rings (SSSR count). The van der Waals surface area contributed by atoms with Crippen molar-refractivity contribution in [3.05, 3.63) is 59.7 Å². The number of benzene rings is 1. The maximum Gasteiger partial charge on any atom is 0.165 e. The van der Waals surface area contributed by atoms with Gasteiger partial charge in [-0.1, -0.05) is 18.2 Å². The van der Waals surface area contributed by atoms with Gasteiger partial charge < -0.3 is 10.5 Å². The summed E-state index contributed by atoms with van der Waals surface area (Å²) >= 11 is 0. The van der Waals surface area contributed by atoms with Crippen molar-refractivity contribution in [2.24, 2.45) is 5.73 Å². The van der Waals surface area contributed by atoms with Crippen LogP contribution in [0.5, 0.6) is 5.75 Å². The molecular formula is C15H17FN2O. The first-order chi connectivity index (χ1) is 9.18. The van der Waals surface area contributed by atoms with Gasteiger partial charge in [0.05, 0.1) is 6.61 Å². The fourth-order valence-corrected chi connectivity index (χ4v) is 1.84. The zero-order valence-corrected chi connectivity index (χ0v) is 10.8. The third-order valence-corrected chi connectivity index (χ3v) is 2.82. The molecule has 0 aliphatic carbocycles. The van der Waals surface area contributed by atoms with Crippen LogP contribution in [-0.4, -0.2) is 11.6 Å². The molecule has 0 spiro atoms. The maximum atomic E-state index is 13.7. The van der Waals surface area contributed by atoms with Crippen molar-refractivity contribution in [2.45, 2.75) is 19.4 Å². The number of rotatable bonds is 5. The SMILES string of the molecule is C[C@@H](N)c1cccc(F)c1OCCc1ccccn1. The zero-order valence-electron chi connectivity index (χ0n) is 10.8. The van der Waals surface area contributed by atoms with E-state index in [1.54, 1.807) is 25.3 Å². The van der Waals surface area contributed by atoms with Crippen molar-refractivity contribution in [2.75, 3.05) is 6.61 Å². The molecule has 0 saturated heterocycles. The Balaban J connectivity index is 2.03. The Morgan fingerprint density at radius 3 is 2.79 bits per heavy atom. The average molecular weight is 260 g/mol. The summed E-state index contributed by atoms with van der Waals surface area (Å²) in [7, 11) is 0. The molecule has 0 aliphatic heterocycles. The van der Waals surface area contributed by atoms with E-state index in [9.17, 15) is 4.39 Å². The lowest BCUT2D eigenvalue weighted by atomic mass is 10.1. The van der Waals surface area contributed by atoms with Crippen LogP contribution in [0.3, 0.4) is 0 Å². The van der Waals surface area contributed by atoms with Crippen molar-refractivity contribution in [3.8, 4) is 5.75 Å².